The molecule has 7 nitrogen and oxygen atoms in total. The number of halogens is 1. The largest absolute Gasteiger partial charge is 0.486 e. The zero-order valence-corrected chi connectivity index (χ0v) is 17.9. The Balaban J connectivity index is 1.31. The van der Waals surface area contributed by atoms with Gasteiger partial charge in [0, 0.05) is 6.54 Å². The minimum Gasteiger partial charge on any atom is -0.486 e. The molecule has 170 valence electrons. The number of aldehydes is 1. The molecule has 0 radical (unpaired) electrons. The van der Waals surface area contributed by atoms with Gasteiger partial charge in [-0.15, -0.1) is 0 Å². The molecule has 1 saturated carbocycles. The van der Waals surface area contributed by atoms with E-state index in [1.807, 2.05) is 25.2 Å². The minimum atomic E-state index is -1.88. The van der Waals surface area contributed by atoms with Crippen LogP contribution >= 0.6 is 0 Å². The molecule has 1 aliphatic carbocycles. The van der Waals surface area contributed by atoms with Crippen LogP contribution < -0.4 is 10.1 Å². The van der Waals surface area contributed by atoms with Gasteiger partial charge in [-0.25, -0.2) is 4.39 Å². The second-order valence-corrected chi connectivity index (χ2v) is 8.84. The van der Waals surface area contributed by atoms with E-state index in [-0.39, 0.29) is 25.4 Å². The molecule has 0 bridgehead atoms. The molecule has 2 saturated heterocycles. The zero-order valence-electron chi connectivity index (χ0n) is 17.9. The van der Waals surface area contributed by atoms with Crippen molar-refractivity contribution >= 4 is 12.2 Å². The molecule has 3 atom stereocenters. The lowest BCUT2D eigenvalue weighted by molar-refractivity contribution is -0.165. The Morgan fingerprint density at radius 1 is 1.29 bits per heavy atom. The molecule has 31 heavy (non-hydrogen) atoms. The van der Waals surface area contributed by atoms with Gasteiger partial charge in [0.2, 0.25) is 0 Å². The van der Waals surface area contributed by atoms with Crippen LogP contribution in [0.1, 0.15) is 43.6 Å². The van der Waals surface area contributed by atoms with Gasteiger partial charge in [-0.1, -0.05) is 18.2 Å². The van der Waals surface area contributed by atoms with Crippen molar-refractivity contribution in [1.82, 2.24) is 10.2 Å². The van der Waals surface area contributed by atoms with Gasteiger partial charge in [-0.05, 0) is 56.7 Å². The maximum absolute atomic E-state index is 13.5. The summed E-state index contributed by atoms with van der Waals surface area (Å²) in [6, 6.07) is 7.88. The smallest absolute Gasteiger partial charge is 0.282 e. The van der Waals surface area contributed by atoms with Crippen molar-refractivity contribution in [3.05, 3.63) is 29.8 Å². The van der Waals surface area contributed by atoms with Crippen LogP contribution in [0.5, 0.6) is 5.75 Å². The summed E-state index contributed by atoms with van der Waals surface area (Å²) in [6.07, 6.45) is 3.60. The van der Waals surface area contributed by atoms with Gasteiger partial charge < -0.3 is 19.5 Å². The van der Waals surface area contributed by atoms with E-state index in [2.05, 4.69) is 16.3 Å². The number of hydrogen-bond donors (Lipinski definition) is 1. The van der Waals surface area contributed by atoms with E-state index in [0.29, 0.717) is 12.5 Å². The number of rotatable bonds is 7. The zero-order chi connectivity index (χ0) is 21.8. The van der Waals surface area contributed by atoms with Crippen LogP contribution in [0.15, 0.2) is 24.3 Å². The number of ether oxygens (including phenoxy) is 3. The third-order valence-corrected chi connectivity index (χ3v) is 6.98. The van der Waals surface area contributed by atoms with Gasteiger partial charge in [0.1, 0.15) is 12.4 Å². The van der Waals surface area contributed by atoms with Crippen molar-refractivity contribution in [2.24, 2.45) is 0 Å². The first kappa shape index (κ1) is 22.2. The second kappa shape index (κ2) is 9.63. The van der Waals surface area contributed by atoms with E-state index in [1.54, 1.807) is 0 Å². The van der Waals surface area contributed by atoms with E-state index >= 15 is 0 Å². The van der Waals surface area contributed by atoms with E-state index in [9.17, 15) is 14.0 Å². The number of likely N-dealkylation sites (N-methyl/N-ethyl adjacent to an activating group) is 1. The molecule has 1 N–H and O–H groups in total. The highest BCUT2D eigenvalue weighted by atomic mass is 19.1. The summed E-state index contributed by atoms with van der Waals surface area (Å²) in [6.45, 7) is 1.52. The van der Waals surface area contributed by atoms with Gasteiger partial charge >= 0.3 is 0 Å². The highest BCUT2D eigenvalue weighted by Gasteiger charge is 2.51. The first-order valence-electron chi connectivity index (χ1n) is 11.1. The summed E-state index contributed by atoms with van der Waals surface area (Å²) >= 11 is 0. The first-order chi connectivity index (χ1) is 15.0. The molecular weight excluding hydrogens is 403 g/mol. The molecule has 1 amide bonds. The maximum Gasteiger partial charge on any atom is 0.282 e. The van der Waals surface area contributed by atoms with Crippen molar-refractivity contribution in [3.8, 4) is 5.75 Å². The van der Waals surface area contributed by atoms with Crippen molar-refractivity contribution in [1.29, 1.82) is 0 Å². The van der Waals surface area contributed by atoms with Gasteiger partial charge in [0.05, 0.1) is 30.9 Å². The number of nitrogens with zero attached hydrogens (tertiary/aromatic N) is 1. The normalized spacial score (nSPS) is 33.9. The number of benzene rings is 1. The lowest BCUT2D eigenvalue weighted by Gasteiger charge is -2.41. The topological polar surface area (TPSA) is 77.1 Å². The van der Waals surface area contributed by atoms with Gasteiger partial charge in [0.15, 0.2) is 6.29 Å². The lowest BCUT2D eigenvalue weighted by Crippen LogP contribution is -2.65. The minimum absolute atomic E-state index is 0.0425. The molecule has 1 aromatic rings. The predicted octanol–water partition coefficient (Wildman–Crippen LogP) is 2.19. The monoisotopic (exact) mass is 434 g/mol. The van der Waals surface area contributed by atoms with E-state index in [0.717, 1.165) is 56.2 Å². The summed E-state index contributed by atoms with van der Waals surface area (Å²) < 4.78 is 30.5. The van der Waals surface area contributed by atoms with Crippen LogP contribution in [0.4, 0.5) is 4.39 Å². The molecule has 3 aliphatic rings. The van der Waals surface area contributed by atoms with Crippen molar-refractivity contribution in [2.45, 2.75) is 62.1 Å². The van der Waals surface area contributed by atoms with Crippen molar-refractivity contribution in [3.63, 3.8) is 0 Å². The fraction of sp³-hybridized carbons (Fsp3) is 0.652. The summed E-state index contributed by atoms with van der Waals surface area (Å²) in [4.78, 5) is 24.7. The Morgan fingerprint density at radius 2 is 2.06 bits per heavy atom. The highest BCUT2D eigenvalue weighted by Crippen LogP contribution is 2.39. The number of para-hydroxylation sites is 1. The van der Waals surface area contributed by atoms with Crippen LogP contribution in [0.3, 0.4) is 0 Å². The van der Waals surface area contributed by atoms with Crippen LogP contribution in [-0.4, -0.2) is 74.5 Å². The second-order valence-electron chi connectivity index (χ2n) is 8.84. The predicted molar refractivity (Wildman–Crippen MR) is 112 cm³/mol. The van der Waals surface area contributed by atoms with Gasteiger partial charge in [0.25, 0.3) is 12.3 Å². The number of hydrogen-bond acceptors (Lipinski definition) is 6. The SMILES string of the molecule is CN1CCC2(COC(F)C(=O)N2)C1COC1CCC(c2ccccc2OCC=O)CC1. The number of alkyl halides is 1. The third kappa shape index (κ3) is 4.76. The number of carbonyl (C=O) groups is 2. The summed E-state index contributed by atoms with van der Waals surface area (Å²) in [5.74, 6) is 0.478. The Kier molecular flexibility index (Phi) is 6.89. The van der Waals surface area contributed by atoms with Crippen LogP contribution in [0, 0.1) is 0 Å². The quantitative estimate of drug-likeness (QED) is 0.663. The molecule has 4 rings (SSSR count). The summed E-state index contributed by atoms with van der Waals surface area (Å²) in [5.41, 5.74) is 0.570. The van der Waals surface area contributed by atoms with E-state index in [1.165, 1.54) is 0 Å². The number of nitrogens with one attached hydrogen (secondary N) is 1. The first-order valence-corrected chi connectivity index (χ1v) is 11.1. The molecule has 1 spiro atoms. The Bertz CT molecular complexity index is 785. The number of carbonyl (C=O) groups excluding carboxylic acids is 2. The number of amides is 1. The average molecular weight is 435 g/mol. The Hall–Kier alpha value is -2.03. The van der Waals surface area contributed by atoms with Crippen molar-refractivity contribution < 1.29 is 28.2 Å². The van der Waals surface area contributed by atoms with Crippen LogP contribution in [0.25, 0.3) is 0 Å². The number of likely N-dealkylation sites (tertiary alicyclic amines) is 1. The Morgan fingerprint density at radius 3 is 2.81 bits per heavy atom. The summed E-state index contributed by atoms with van der Waals surface area (Å²) in [5, 5.41) is 2.86. The highest BCUT2D eigenvalue weighted by molar-refractivity contribution is 5.81. The van der Waals surface area contributed by atoms with E-state index in [4.69, 9.17) is 14.2 Å². The fourth-order valence-electron chi connectivity index (χ4n) is 5.20. The van der Waals surface area contributed by atoms with Crippen LogP contribution in [-0.2, 0) is 19.1 Å². The summed E-state index contributed by atoms with van der Waals surface area (Å²) in [7, 11) is 2.00. The Labute approximate surface area is 182 Å². The maximum atomic E-state index is 13.5. The van der Waals surface area contributed by atoms with Gasteiger partial charge in [-0.2, -0.15) is 0 Å². The molecule has 0 aromatic heterocycles. The standard InChI is InChI=1S/C23H31FN2O5/c1-26-11-10-23(15-31-21(24)22(28)25-23)20(26)14-30-17-8-6-16(7-9-17)18-4-2-3-5-19(18)29-13-12-27/h2-5,12,16-17,20-21H,6-11,13-15H2,1H3,(H,25,28). The van der Waals surface area contributed by atoms with Crippen LogP contribution in [0.2, 0.25) is 0 Å². The van der Waals surface area contributed by atoms with E-state index < -0.39 is 17.8 Å². The van der Waals surface area contributed by atoms with Crippen molar-refractivity contribution in [2.75, 3.05) is 33.4 Å². The van der Waals surface area contributed by atoms with Gasteiger partial charge in [-0.3, -0.25) is 14.5 Å². The molecule has 1 aromatic carbocycles. The molecule has 2 aliphatic heterocycles. The molecular formula is C23H31FN2O5. The molecule has 8 heteroatoms. The lowest BCUT2D eigenvalue weighted by atomic mass is 9.82. The molecule has 3 unspecified atom stereocenters. The molecule has 3 fully saturated rings. The third-order valence-electron chi connectivity index (χ3n) is 6.98. The average Bonchev–Trinajstić information content (AvgIpc) is 3.09. The number of morpholine rings is 1. The molecule has 2 heterocycles. The fourth-order valence-corrected chi connectivity index (χ4v) is 5.20.